The van der Waals surface area contributed by atoms with Gasteiger partial charge in [0.25, 0.3) is 0 Å². The van der Waals surface area contributed by atoms with Crippen LogP contribution in [0.1, 0.15) is 20.8 Å². The number of carbonyl (C=O) groups excluding carboxylic acids is 1. The first-order chi connectivity index (χ1) is 7.88. The zero-order chi connectivity index (χ0) is 13.2. The first-order valence-electron chi connectivity index (χ1n) is 5.78. The first kappa shape index (κ1) is 14.4. The van der Waals surface area contributed by atoms with Crippen molar-refractivity contribution in [2.24, 2.45) is 5.92 Å². The lowest BCUT2D eigenvalue weighted by molar-refractivity contribution is -0.205. The molecule has 17 heavy (non-hydrogen) atoms. The van der Waals surface area contributed by atoms with E-state index < -0.39 is 30.5 Å². The maximum absolute atomic E-state index is 11.0. The summed E-state index contributed by atoms with van der Waals surface area (Å²) in [6.45, 7) is 4.69. The van der Waals surface area contributed by atoms with Gasteiger partial charge in [-0.05, 0) is 5.92 Å². The highest BCUT2D eigenvalue weighted by Crippen LogP contribution is 2.25. The summed E-state index contributed by atoms with van der Waals surface area (Å²) in [7, 11) is 0. The van der Waals surface area contributed by atoms with Crippen molar-refractivity contribution < 1.29 is 24.9 Å². The number of carbonyl (C=O) groups is 1. The number of ether oxygens (including phenoxy) is 1. The molecular formula is C11H21NO5. The summed E-state index contributed by atoms with van der Waals surface area (Å²) in [5.41, 5.74) is 0. The number of hydrogen-bond donors (Lipinski definition) is 4. The Morgan fingerprint density at radius 2 is 1.94 bits per heavy atom. The quantitative estimate of drug-likeness (QED) is 0.493. The Labute approximate surface area is 101 Å². The van der Waals surface area contributed by atoms with Crippen molar-refractivity contribution in [3.8, 4) is 0 Å². The largest absolute Gasteiger partial charge is 0.394 e. The molecule has 1 rings (SSSR count). The van der Waals surface area contributed by atoms with E-state index >= 15 is 0 Å². The van der Waals surface area contributed by atoms with Crippen molar-refractivity contribution in [1.29, 1.82) is 0 Å². The lowest BCUT2D eigenvalue weighted by Crippen LogP contribution is -2.65. The van der Waals surface area contributed by atoms with Gasteiger partial charge in [-0.2, -0.15) is 0 Å². The van der Waals surface area contributed by atoms with Crippen LogP contribution in [0, 0.1) is 5.92 Å². The first-order valence-corrected chi connectivity index (χ1v) is 5.78. The zero-order valence-corrected chi connectivity index (χ0v) is 10.3. The molecule has 1 aliphatic heterocycles. The molecule has 0 aromatic rings. The van der Waals surface area contributed by atoms with Crippen LogP contribution in [0.25, 0.3) is 0 Å². The predicted molar refractivity (Wildman–Crippen MR) is 60.2 cm³/mol. The van der Waals surface area contributed by atoms with Crippen LogP contribution >= 0.6 is 0 Å². The molecule has 1 amide bonds. The van der Waals surface area contributed by atoms with E-state index in [9.17, 15) is 15.0 Å². The number of aliphatic hydroxyl groups excluding tert-OH is 3. The van der Waals surface area contributed by atoms with Crippen molar-refractivity contribution >= 4 is 5.91 Å². The summed E-state index contributed by atoms with van der Waals surface area (Å²) in [5, 5.41) is 31.6. The minimum atomic E-state index is -1.12. The van der Waals surface area contributed by atoms with Gasteiger partial charge in [0.2, 0.25) is 5.91 Å². The van der Waals surface area contributed by atoms with Gasteiger partial charge in [-0.3, -0.25) is 4.79 Å². The van der Waals surface area contributed by atoms with Gasteiger partial charge in [0.1, 0.15) is 18.3 Å². The van der Waals surface area contributed by atoms with Gasteiger partial charge in [0.05, 0.1) is 18.8 Å². The summed E-state index contributed by atoms with van der Waals surface area (Å²) in [5.74, 6) is -0.322. The fourth-order valence-electron chi connectivity index (χ4n) is 2.11. The molecule has 1 aliphatic rings. The second-order valence-electron chi connectivity index (χ2n) is 4.77. The third kappa shape index (κ3) is 3.16. The molecule has 0 radical (unpaired) electrons. The molecule has 100 valence electrons. The fourth-order valence-corrected chi connectivity index (χ4v) is 2.11. The maximum atomic E-state index is 11.0. The van der Waals surface area contributed by atoms with Gasteiger partial charge in [0, 0.05) is 6.92 Å². The Morgan fingerprint density at radius 1 is 1.35 bits per heavy atom. The molecule has 0 bridgehead atoms. The SMILES string of the molecule is CC(=O)N[C@@H]1C(O)[C@H](C(C)C)OC(CO)[C@H]1O. The molecule has 5 atom stereocenters. The average molecular weight is 247 g/mol. The van der Waals surface area contributed by atoms with E-state index in [4.69, 9.17) is 9.84 Å². The van der Waals surface area contributed by atoms with E-state index in [0.29, 0.717) is 0 Å². The molecule has 0 spiro atoms. The Balaban J connectivity index is 2.86. The van der Waals surface area contributed by atoms with Crippen LogP contribution in [-0.2, 0) is 9.53 Å². The van der Waals surface area contributed by atoms with E-state index in [0.717, 1.165) is 0 Å². The van der Waals surface area contributed by atoms with E-state index in [1.165, 1.54) is 6.92 Å². The maximum Gasteiger partial charge on any atom is 0.217 e. The third-order valence-electron chi connectivity index (χ3n) is 2.99. The molecule has 1 heterocycles. The van der Waals surface area contributed by atoms with Crippen LogP contribution in [0.4, 0.5) is 0 Å². The number of nitrogens with one attached hydrogen (secondary N) is 1. The van der Waals surface area contributed by atoms with Gasteiger partial charge in [-0.15, -0.1) is 0 Å². The monoisotopic (exact) mass is 247 g/mol. The van der Waals surface area contributed by atoms with Crippen LogP contribution in [0.15, 0.2) is 0 Å². The summed E-state index contributed by atoms with van der Waals surface area (Å²) in [4.78, 5) is 11.0. The number of amides is 1. The minimum Gasteiger partial charge on any atom is -0.394 e. The summed E-state index contributed by atoms with van der Waals surface area (Å²) in [6.07, 6.45) is -3.42. The second kappa shape index (κ2) is 5.77. The smallest absolute Gasteiger partial charge is 0.217 e. The van der Waals surface area contributed by atoms with Crippen LogP contribution in [0.2, 0.25) is 0 Å². The molecular weight excluding hydrogens is 226 g/mol. The van der Waals surface area contributed by atoms with E-state index in [1.54, 1.807) is 0 Å². The summed E-state index contributed by atoms with van der Waals surface area (Å²) < 4.78 is 5.43. The molecule has 6 nitrogen and oxygen atoms in total. The van der Waals surface area contributed by atoms with E-state index in [-0.39, 0.29) is 18.4 Å². The lowest BCUT2D eigenvalue weighted by Gasteiger charge is -2.44. The van der Waals surface area contributed by atoms with Gasteiger partial charge in [0.15, 0.2) is 0 Å². The van der Waals surface area contributed by atoms with Crippen LogP contribution in [0.5, 0.6) is 0 Å². The predicted octanol–water partition coefficient (Wildman–Crippen LogP) is -1.37. The van der Waals surface area contributed by atoms with Gasteiger partial charge in [-0.1, -0.05) is 13.8 Å². The standard InChI is InChI=1S/C11H21NO5/c1-5(2)11-10(16)8(12-6(3)14)9(15)7(4-13)17-11/h5,7-11,13,15-16H,4H2,1-3H3,(H,12,14)/t7?,8-,9+,10?,11-/m0/s1. The summed E-state index contributed by atoms with van der Waals surface area (Å²) >= 11 is 0. The molecule has 2 unspecified atom stereocenters. The number of hydrogen-bond acceptors (Lipinski definition) is 5. The Bertz CT molecular complexity index is 271. The Kier molecular flexibility index (Phi) is 4.88. The highest BCUT2D eigenvalue weighted by molar-refractivity contribution is 5.73. The third-order valence-corrected chi connectivity index (χ3v) is 2.99. The minimum absolute atomic E-state index is 0.0165. The van der Waals surface area contributed by atoms with Crippen molar-refractivity contribution in [3.63, 3.8) is 0 Å². The second-order valence-corrected chi connectivity index (χ2v) is 4.77. The van der Waals surface area contributed by atoms with Crippen LogP contribution in [0.3, 0.4) is 0 Å². The molecule has 1 fully saturated rings. The highest BCUT2D eigenvalue weighted by Gasteiger charge is 2.45. The average Bonchev–Trinajstić information content (AvgIpc) is 2.23. The lowest BCUT2D eigenvalue weighted by atomic mass is 9.87. The molecule has 6 heteroatoms. The highest BCUT2D eigenvalue weighted by atomic mass is 16.5. The van der Waals surface area contributed by atoms with Gasteiger partial charge in [-0.25, -0.2) is 0 Å². The fraction of sp³-hybridized carbons (Fsp3) is 0.909. The molecule has 0 aromatic carbocycles. The molecule has 0 aromatic heterocycles. The Morgan fingerprint density at radius 3 is 2.35 bits per heavy atom. The van der Waals surface area contributed by atoms with Crippen LogP contribution in [-0.4, -0.2) is 58.3 Å². The molecule has 0 aliphatic carbocycles. The van der Waals surface area contributed by atoms with E-state index in [1.807, 2.05) is 13.8 Å². The van der Waals surface area contributed by atoms with Gasteiger partial charge >= 0.3 is 0 Å². The normalized spacial score (nSPS) is 38.2. The topological polar surface area (TPSA) is 99.0 Å². The zero-order valence-electron chi connectivity index (χ0n) is 10.3. The van der Waals surface area contributed by atoms with Crippen molar-refractivity contribution in [2.45, 2.75) is 51.2 Å². The van der Waals surface area contributed by atoms with Gasteiger partial charge < -0.3 is 25.4 Å². The van der Waals surface area contributed by atoms with Crippen molar-refractivity contribution in [2.75, 3.05) is 6.61 Å². The molecule has 0 saturated carbocycles. The molecule has 4 N–H and O–H groups in total. The Hall–Kier alpha value is -0.690. The van der Waals surface area contributed by atoms with Crippen molar-refractivity contribution in [3.05, 3.63) is 0 Å². The van der Waals surface area contributed by atoms with Crippen molar-refractivity contribution in [1.82, 2.24) is 5.32 Å². The van der Waals surface area contributed by atoms with E-state index in [2.05, 4.69) is 5.32 Å². The summed E-state index contributed by atoms with van der Waals surface area (Å²) in [6, 6.07) is -0.814. The molecule has 1 saturated heterocycles. The number of rotatable bonds is 3. The van der Waals surface area contributed by atoms with Crippen LogP contribution < -0.4 is 5.32 Å². The number of aliphatic hydroxyl groups is 3.